The summed E-state index contributed by atoms with van der Waals surface area (Å²) in [5.74, 6) is -0.177. The van der Waals surface area contributed by atoms with Crippen LogP contribution in [0.15, 0.2) is 94.2 Å². The highest BCUT2D eigenvalue weighted by Crippen LogP contribution is 2.48. The summed E-state index contributed by atoms with van der Waals surface area (Å²) in [6.07, 6.45) is 10.3. The van der Waals surface area contributed by atoms with Crippen LogP contribution in [0.1, 0.15) is 30.4 Å². The van der Waals surface area contributed by atoms with Crippen molar-refractivity contribution in [1.82, 2.24) is 29.5 Å². The average Bonchev–Trinajstić information content (AvgIpc) is 3.76. The number of H-pyrrole nitrogens is 1. The highest BCUT2D eigenvalue weighted by molar-refractivity contribution is 7.99. The number of carbonyl (C=O) groups excluding carboxylic acids is 1. The fourth-order valence-corrected chi connectivity index (χ4v) is 8.27. The first kappa shape index (κ1) is 35.6. The summed E-state index contributed by atoms with van der Waals surface area (Å²) in [7, 11) is 0.935. The molecule has 3 aromatic carbocycles. The lowest BCUT2D eigenvalue weighted by Gasteiger charge is -2.35. The molecule has 264 valence electrons. The number of nitrogens with one attached hydrogen (secondary N) is 1. The van der Waals surface area contributed by atoms with E-state index in [0.29, 0.717) is 4.90 Å². The third-order valence-electron chi connectivity index (χ3n) is 9.34. The van der Waals surface area contributed by atoms with Gasteiger partial charge in [-0.15, -0.1) is 0 Å². The van der Waals surface area contributed by atoms with E-state index in [-0.39, 0.29) is 11.8 Å². The number of aromatic nitrogens is 4. The van der Waals surface area contributed by atoms with Gasteiger partial charge in [-0.2, -0.15) is 5.10 Å². The molecule has 5 aromatic rings. The normalized spacial score (nSPS) is 15.1. The topological polar surface area (TPSA) is 133 Å². The summed E-state index contributed by atoms with van der Waals surface area (Å²) in [6, 6.07) is 20.2. The third-order valence-corrected chi connectivity index (χ3v) is 11.6. The maximum atomic E-state index is 12.1. The summed E-state index contributed by atoms with van der Waals surface area (Å²) in [5.41, 5.74) is 11.3. The number of carbonyl (C=O) groups is 1. The minimum Gasteiger partial charge on any atom is -0.369 e. The van der Waals surface area contributed by atoms with Crippen LogP contribution in [-0.4, -0.2) is 96.9 Å². The monoisotopic (exact) mass is 714 g/mol. The number of benzene rings is 3. The van der Waals surface area contributed by atoms with Crippen molar-refractivity contribution in [2.24, 2.45) is 11.7 Å². The Hall–Kier alpha value is -4.17. The third kappa shape index (κ3) is 8.76. The van der Waals surface area contributed by atoms with Gasteiger partial charge in [0.2, 0.25) is 5.91 Å². The number of nitrogens with two attached hydrogens (primary N) is 1. The van der Waals surface area contributed by atoms with Crippen LogP contribution in [-0.2, 0) is 27.6 Å². The molecule has 0 saturated carbocycles. The number of sulfone groups is 1. The van der Waals surface area contributed by atoms with E-state index in [4.69, 9.17) is 5.73 Å². The maximum absolute atomic E-state index is 12.1. The molecule has 1 amide bonds. The minimum absolute atomic E-state index is 0.00790. The number of nitrogens with zero attached hydrogens (tertiary/aromatic N) is 6. The van der Waals surface area contributed by atoms with Crippen molar-refractivity contribution in [1.29, 1.82) is 0 Å². The maximum Gasteiger partial charge on any atom is 0.220 e. The molecule has 3 N–H and O–H groups in total. The summed E-state index contributed by atoms with van der Waals surface area (Å²) in [6.45, 7) is 5.35. The van der Waals surface area contributed by atoms with Gasteiger partial charge in [-0.05, 0) is 113 Å². The van der Waals surface area contributed by atoms with Gasteiger partial charge in [0.1, 0.15) is 12.7 Å². The summed E-state index contributed by atoms with van der Waals surface area (Å²) in [5, 5.41) is 5.46. The van der Waals surface area contributed by atoms with Gasteiger partial charge >= 0.3 is 0 Å². The van der Waals surface area contributed by atoms with E-state index >= 15 is 0 Å². The Balaban J connectivity index is 0.000000187. The summed E-state index contributed by atoms with van der Waals surface area (Å²) < 4.78 is 26.0. The number of anilines is 2. The molecule has 13 heteroatoms. The fourth-order valence-electron chi connectivity index (χ4n) is 6.55. The van der Waals surface area contributed by atoms with E-state index in [2.05, 4.69) is 80.4 Å². The molecule has 2 aromatic heterocycles. The van der Waals surface area contributed by atoms with Crippen molar-refractivity contribution >= 4 is 49.8 Å². The van der Waals surface area contributed by atoms with Crippen molar-refractivity contribution in [2.45, 2.75) is 46.9 Å². The number of rotatable bonds is 11. The van der Waals surface area contributed by atoms with Crippen LogP contribution >= 0.6 is 11.8 Å². The van der Waals surface area contributed by atoms with Crippen molar-refractivity contribution < 1.29 is 13.2 Å². The molecule has 50 heavy (non-hydrogen) atoms. The molecule has 7 rings (SSSR count). The quantitative estimate of drug-likeness (QED) is 0.190. The molecular formula is C37H46N8O3S2. The second-order valence-corrected chi connectivity index (χ2v) is 16.4. The van der Waals surface area contributed by atoms with Crippen LogP contribution in [0.25, 0.3) is 10.9 Å². The number of primary amides is 1. The largest absolute Gasteiger partial charge is 0.369 e. The molecule has 2 aliphatic heterocycles. The predicted molar refractivity (Wildman–Crippen MR) is 200 cm³/mol. The predicted octanol–water partition coefficient (Wildman–Crippen LogP) is 5.19. The Bertz CT molecular complexity index is 2020. The molecule has 0 spiro atoms. The Morgan fingerprint density at radius 2 is 1.80 bits per heavy atom. The lowest BCUT2D eigenvalue weighted by Crippen LogP contribution is -2.39. The van der Waals surface area contributed by atoms with E-state index in [1.807, 2.05) is 22.9 Å². The molecule has 2 aliphatic rings. The number of likely N-dealkylation sites (tertiary alicyclic amines) is 1. The van der Waals surface area contributed by atoms with Crippen LogP contribution in [0.3, 0.4) is 0 Å². The number of aromatic amines is 1. The minimum atomic E-state index is -3.27. The van der Waals surface area contributed by atoms with Crippen molar-refractivity contribution in [2.75, 3.05) is 58.0 Å². The lowest BCUT2D eigenvalue weighted by atomic mass is 9.96. The summed E-state index contributed by atoms with van der Waals surface area (Å²) >= 11 is 1.68. The molecule has 0 bridgehead atoms. The molecule has 0 unspecified atom stereocenters. The first-order valence-electron chi connectivity index (χ1n) is 17.0. The van der Waals surface area contributed by atoms with Gasteiger partial charge in [0.25, 0.3) is 0 Å². The Kier molecular flexibility index (Phi) is 11.3. The Labute approximate surface area is 298 Å². The molecule has 11 nitrogen and oxygen atoms in total. The molecule has 0 aliphatic carbocycles. The second kappa shape index (κ2) is 15.8. The first-order chi connectivity index (χ1) is 24.0. The second-order valence-electron chi connectivity index (χ2n) is 13.3. The van der Waals surface area contributed by atoms with E-state index in [1.54, 1.807) is 36.5 Å². The lowest BCUT2D eigenvalue weighted by molar-refractivity contribution is -0.123. The smallest absolute Gasteiger partial charge is 0.220 e. The molecule has 4 heterocycles. The van der Waals surface area contributed by atoms with Crippen LogP contribution in [0, 0.1) is 5.92 Å². The molecule has 1 fully saturated rings. The van der Waals surface area contributed by atoms with Crippen LogP contribution in [0.2, 0.25) is 0 Å². The molecule has 0 radical (unpaired) electrons. The molecule has 1 saturated heterocycles. The molecular weight excluding hydrogens is 669 g/mol. The van der Waals surface area contributed by atoms with Gasteiger partial charge < -0.3 is 25.4 Å². The zero-order valence-corrected chi connectivity index (χ0v) is 30.6. The van der Waals surface area contributed by atoms with Gasteiger partial charge in [-0.1, -0.05) is 30.0 Å². The van der Waals surface area contributed by atoms with E-state index < -0.39 is 9.84 Å². The van der Waals surface area contributed by atoms with Gasteiger partial charge in [-0.3, -0.25) is 4.79 Å². The number of amides is 1. The standard InChI is InChI=1S/C22H27N3O3S2.C15H19N5/c1-30(27,28)17-7-8-21-19(15-17)25(18-5-2-3-6-20(18)29-21)12-4-11-24-13-9-16(10-14-24)22(23)26;1-19(2)6-5-13-8-17-15-4-3-12(7-14(13)15)9-20-11-16-10-18-20/h2-3,5-8,15-16H,4,9-14H2,1H3,(H2,23,26);3-4,7-8,10-11,17H,5-6,9H2,1-2H3. The van der Waals surface area contributed by atoms with Gasteiger partial charge in [0.15, 0.2) is 9.84 Å². The zero-order valence-electron chi connectivity index (χ0n) is 29.0. The average molecular weight is 715 g/mol. The zero-order chi connectivity index (χ0) is 35.3. The number of hydrogen-bond donors (Lipinski definition) is 2. The number of para-hydroxylation sites is 1. The van der Waals surface area contributed by atoms with Crippen LogP contribution in [0.4, 0.5) is 11.4 Å². The Morgan fingerprint density at radius 1 is 1.02 bits per heavy atom. The SMILES string of the molecule is CN(C)CCc1c[nH]c2ccc(Cn3cncn3)cc12.CS(=O)(=O)c1ccc2c(c1)N(CCCN1CCC(C(N)=O)CC1)c1ccccc1S2. The fraction of sp³-hybridized carbons (Fsp3) is 0.378. The highest BCUT2D eigenvalue weighted by Gasteiger charge is 2.26. The van der Waals surface area contributed by atoms with Gasteiger partial charge in [-0.25, -0.2) is 18.1 Å². The van der Waals surface area contributed by atoms with Crippen molar-refractivity contribution in [3.05, 3.63) is 90.6 Å². The summed E-state index contributed by atoms with van der Waals surface area (Å²) in [4.78, 5) is 28.1. The highest BCUT2D eigenvalue weighted by atomic mass is 32.2. The van der Waals surface area contributed by atoms with Crippen LogP contribution in [0.5, 0.6) is 0 Å². The number of fused-ring (bicyclic) bond motifs is 3. The van der Waals surface area contributed by atoms with E-state index in [1.165, 1.54) is 33.2 Å². The van der Waals surface area contributed by atoms with Crippen molar-refractivity contribution in [3.8, 4) is 0 Å². The van der Waals surface area contributed by atoms with Crippen LogP contribution < -0.4 is 10.6 Å². The number of hydrogen-bond acceptors (Lipinski definition) is 9. The van der Waals surface area contributed by atoms with Gasteiger partial charge in [0, 0.05) is 52.2 Å². The first-order valence-corrected chi connectivity index (χ1v) is 19.7. The van der Waals surface area contributed by atoms with E-state index in [9.17, 15) is 13.2 Å². The van der Waals surface area contributed by atoms with E-state index in [0.717, 1.165) is 81.2 Å². The number of piperidine rings is 1. The number of likely N-dealkylation sites (N-methyl/N-ethyl adjacent to an activating group) is 1. The van der Waals surface area contributed by atoms with Gasteiger partial charge in [0.05, 0.1) is 22.8 Å². The Morgan fingerprint density at radius 3 is 2.52 bits per heavy atom. The molecule has 0 atom stereocenters. The van der Waals surface area contributed by atoms with Crippen molar-refractivity contribution in [3.63, 3.8) is 0 Å².